The molecule has 0 radical (unpaired) electrons. The maximum Gasteiger partial charge on any atom is 0.334 e. The van der Waals surface area contributed by atoms with Crippen LogP contribution in [0.3, 0.4) is 0 Å². The van der Waals surface area contributed by atoms with Crippen molar-refractivity contribution < 1.29 is 19.1 Å². The zero-order valence-electron chi connectivity index (χ0n) is 19.5. The lowest BCUT2D eigenvalue weighted by molar-refractivity contribution is -0.139. The summed E-state index contributed by atoms with van der Waals surface area (Å²) >= 11 is 0. The van der Waals surface area contributed by atoms with Crippen LogP contribution < -0.4 is 4.90 Å². The van der Waals surface area contributed by atoms with Gasteiger partial charge in [-0.05, 0) is 30.5 Å². The number of para-hydroxylation sites is 1. The first-order valence-corrected chi connectivity index (χ1v) is 11.9. The van der Waals surface area contributed by atoms with E-state index < -0.39 is 5.41 Å². The molecular formula is C28H31NO4. The van der Waals surface area contributed by atoms with E-state index in [1.165, 1.54) is 11.8 Å². The number of hydrogen-bond acceptors (Lipinski definition) is 4. The predicted molar refractivity (Wildman–Crippen MR) is 128 cm³/mol. The number of fused-ring (bicyclic) bond motifs is 2. The van der Waals surface area contributed by atoms with Gasteiger partial charge >= 0.3 is 5.97 Å². The SMILES string of the molecule is CCCCCC1C(C(=O)OCC)=CC(c2ccccc2)C12C(=O)N(C(C)=O)c1ccccc12. The number of esters is 1. The Morgan fingerprint density at radius 2 is 1.70 bits per heavy atom. The number of carbonyl (C=O) groups excluding carboxylic acids is 3. The van der Waals surface area contributed by atoms with E-state index in [9.17, 15) is 14.4 Å². The van der Waals surface area contributed by atoms with Gasteiger partial charge in [-0.2, -0.15) is 0 Å². The van der Waals surface area contributed by atoms with Crippen molar-refractivity contribution in [3.05, 3.63) is 77.4 Å². The number of imide groups is 1. The van der Waals surface area contributed by atoms with E-state index in [0.717, 1.165) is 30.4 Å². The van der Waals surface area contributed by atoms with Gasteiger partial charge in [-0.25, -0.2) is 9.69 Å². The highest BCUT2D eigenvalue weighted by Crippen LogP contribution is 2.61. The molecule has 0 bridgehead atoms. The van der Waals surface area contributed by atoms with Gasteiger partial charge in [0, 0.05) is 24.3 Å². The molecule has 3 atom stereocenters. The molecule has 0 aromatic heterocycles. The molecular weight excluding hydrogens is 414 g/mol. The normalized spacial score (nSPS) is 23.5. The van der Waals surface area contributed by atoms with Gasteiger partial charge in [0.2, 0.25) is 11.8 Å². The minimum Gasteiger partial charge on any atom is -0.463 e. The van der Waals surface area contributed by atoms with E-state index in [0.29, 0.717) is 17.7 Å². The Labute approximate surface area is 195 Å². The first kappa shape index (κ1) is 23.0. The number of carbonyl (C=O) groups is 3. The standard InChI is InChI=1S/C28H31NO4/c1-4-6-8-15-22-21(26(31)33-5-2)18-24(20-13-9-7-10-14-20)28(22)23-16-11-12-17-25(23)29(19(3)30)27(28)32/h7,9-14,16-18,22,24H,4-6,8,15H2,1-3H3. The van der Waals surface area contributed by atoms with Crippen molar-refractivity contribution in [2.45, 2.75) is 57.8 Å². The summed E-state index contributed by atoms with van der Waals surface area (Å²) in [7, 11) is 0. The van der Waals surface area contributed by atoms with E-state index >= 15 is 0 Å². The predicted octanol–water partition coefficient (Wildman–Crippen LogP) is 5.30. The molecule has 4 rings (SSSR count). The second-order valence-corrected chi connectivity index (χ2v) is 8.82. The number of unbranched alkanes of at least 4 members (excludes halogenated alkanes) is 2. The van der Waals surface area contributed by atoms with Crippen LogP contribution in [0.5, 0.6) is 0 Å². The van der Waals surface area contributed by atoms with Crippen LogP contribution in [0.15, 0.2) is 66.2 Å². The fraction of sp³-hybridized carbons (Fsp3) is 0.393. The van der Waals surface area contributed by atoms with Crippen molar-refractivity contribution in [2.75, 3.05) is 11.5 Å². The first-order valence-electron chi connectivity index (χ1n) is 11.9. The molecule has 1 spiro atoms. The molecule has 1 aliphatic heterocycles. The third-order valence-corrected chi connectivity index (χ3v) is 6.99. The maximum absolute atomic E-state index is 14.3. The molecule has 0 fully saturated rings. The monoisotopic (exact) mass is 445 g/mol. The Balaban J connectivity index is 1.98. The average Bonchev–Trinajstić information content (AvgIpc) is 3.29. The van der Waals surface area contributed by atoms with Crippen molar-refractivity contribution >= 4 is 23.5 Å². The van der Waals surface area contributed by atoms with Crippen molar-refractivity contribution in [2.24, 2.45) is 5.92 Å². The van der Waals surface area contributed by atoms with Crippen molar-refractivity contribution in [1.82, 2.24) is 0 Å². The molecule has 2 aromatic rings. The minimum atomic E-state index is -1.06. The Morgan fingerprint density at radius 1 is 1.00 bits per heavy atom. The molecule has 33 heavy (non-hydrogen) atoms. The first-order chi connectivity index (χ1) is 16.0. The highest BCUT2D eigenvalue weighted by atomic mass is 16.5. The van der Waals surface area contributed by atoms with Crippen LogP contribution in [0.2, 0.25) is 0 Å². The van der Waals surface area contributed by atoms with Gasteiger partial charge in [0.05, 0.1) is 17.7 Å². The topological polar surface area (TPSA) is 63.7 Å². The number of allylic oxidation sites excluding steroid dienone is 1. The van der Waals surface area contributed by atoms with Crippen molar-refractivity contribution in [3.63, 3.8) is 0 Å². The van der Waals surface area contributed by atoms with E-state index in [1.54, 1.807) is 6.92 Å². The molecule has 5 heteroatoms. The molecule has 1 aliphatic carbocycles. The third-order valence-electron chi connectivity index (χ3n) is 6.99. The molecule has 0 N–H and O–H groups in total. The molecule has 3 unspecified atom stereocenters. The average molecular weight is 446 g/mol. The quantitative estimate of drug-likeness (QED) is 0.428. The second kappa shape index (κ2) is 9.34. The lowest BCUT2D eigenvalue weighted by atomic mass is 9.63. The summed E-state index contributed by atoms with van der Waals surface area (Å²) in [5.74, 6) is -1.67. The third kappa shape index (κ3) is 3.60. The summed E-state index contributed by atoms with van der Waals surface area (Å²) in [5.41, 5.74) is 1.88. The van der Waals surface area contributed by atoms with Crippen LogP contribution in [0.1, 0.15) is 63.5 Å². The van der Waals surface area contributed by atoms with Gasteiger partial charge < -0.3 is 4.74 Å². The van der Waals surface area contributed by atoms with E-state index in [-0.39, 0.29) is 36.2 Å². The molecule has 1 heterocycles. The summed E-state index contributed by atoms with van der Waals surface area (Å²) in [6, 6.07) is 17.3. The van der Waals surface area contributed by atoms with Crippen LogP contribution in [-0.2, 0) is 24.5 Å². The summed E-state index contributed by atoms with van der Waals surface area (Å²) in [4.78, 5) is 41.4. The van der Waals surface area contributed by atoms with Crippen LogP contribution in [0.4, 0.5) is 5.69 Å². The Morgan fingerprint density at radius 3 is 2.36 bits per heavy atom. The van der Waals surface area contributed by atoms with Crippen molar-refractivity contribution in [3.8, 4) is 0 Å². The number of amides is 2. The van der Waals surface area contributed by atoms with Crippen molar-refractivity contribution in [1.29, 1.82) is 0 Å². The van der Waals surface area contributed by atoms with E-state index in [2.05, 4.69) is 6.92 Å². The van der Waals surface area contributed by atoms with Crippen LogP contribution in [0.25, 0.3) is 0 Å². The Kier molecular flexibility index (Phi) is 6.50. The highest BCUT2D eigenvalue weighted by molar-refractivity contribution is 6.23. The summed E-state index contributed by atoms with van der Waals surface area (Å²) in [6.07, 6.45) is 5.53. The van der Waals surface area contributed by atoms with Crippen LogP contribution >= 0.6 is 0 Å². The van der Waals surface area contributed by atoms with Gasteiger partial charge in [0.1, 0.15) is 0 Å². The van der Waals surface area contributed by atoms with Gasteiger partial charge in [-0.3, -0.25) is 9.59 Å². The highest BCUT2D eigenvalue weighted by Gasteiger charge is 2.64. The molecule has 5 nitrogen and oxygen atoms in total. The summed E-state index contributed by atoms with van der Waals surface area (Å²) < 4.78 is 5.45. The zero-order chi connectivity index (χ0) is 23.6. The molecule has 0 saturated carbocycles. The molecule has 0 saturated heterocycles. The summed E-state index contributed by atoms with van der Waals surface area (Å²) in [5, 5.41) is 0. The number of nitrogens with zero attached hydrogens (tertiary/aromatic N) is 1. The fourth-order valence-electron chi connectivity index (χ4n) is 5.69. The number of hydrogen-bond donors (Lipinski definition) is 0. The van der Waals surface area contributed by atoms with Gasteiger partial charge in [0.15, 0.2) is 0 Å². The Bertz CT molecular complexity index is 1090. The number of ether oxygens (including phenoxy) is 1. The number of anilines is 1. The maximum atomic E-state index is 14.3. The van der Waals surface area contributed by atoms with Gasteiger partial charge in [-0.1, -0.05) is 80.8 Å². The number of benzene rings is 2. The van der Waals surface area contributed by atoms with Gasteiger partial charge in [-0.15, -0.1) is 0 Å². The van der Waals surface area contributed by atoms with Crippen LogP contribution in [-0.4, -0.2) is 24.4 Å². The van der Waals surface area contributed by atoms with E-state index in [1.807, 2.05) is 60.7 Å². The molecule has 2 aromatic carbocycles. The fourth-order valence-corrected chi connectivity index (χ4v) is 5.69. The largest absolute Gasteiger partial charge is 0.463 e. The number of rotatable bonds is 7. The molecule has 2 amide bonds. The lowest BCUT2D eigenvalue weighted by Crippen LogP contribution is -2.49. The lowest BCUT2D eigenvalue weighted by Gasteiger charge is -2.37. The van der Waals surface area contributed by atoms with Gasteiger partial charge in [0.25, 0.3) is 0 Å². The molecule has 2 aliphatic rings. The minimum absolute atomic E-state index is 0.248. The van der Waals surface area contributed by atoms with Crippen LogP contribution in [0, 0.1) is 5.92 Å². The Hall–Kier alpha value is -3.21. The molecule has 172 valence electrons. The smallest absolute Gasteiger partial charge is 0.334 e. The summed E-state index contributed by atoms with van der Waals surface area (Å²) in [6.45, 7) is 5.61. The van der Waals surface area contributed by atoms with E-state index in [4.69, 9.17) is 4.74 Å². The second-order valence-electron chi connectivity index (χ2n) is 8.82. The zero-order valence-corrected chi connectivity index (χ0v) is 19.5.